The van der Waals surface area contributed by atoms with Crippen LogP contribution in [-0.4, -0.2) is 22.6 Å². The summed E-state index contributed by atoms with van der Waals surface area (Å²) in [6, 6.07) is 0. The molecule has 66 valence electrons. The van der Waals surface area contributed by atoms with Crippen LogP contribution in [0.1, 0.15) is 0 Å². The van der Waals surface area contributed by atoms with Crippen LogP contribution >= 0.6 is 0 Å². The first-order chi connectivity index (χ1) is 4.63. The van der Waals surface area contributed by atoms with Crippen LogP contribution in [0.15, 0.2) is 11.5 Å². The SMILES string of the molecule is C=C(CS(=O)(=O)F)S(=O)(=O)F. The van der Waals surface area contributed by atoms with Gasteiger partial charge in [-0.25, -0.2) is 0 Å². The molecule has 0 aromatic carbocycles. The van der Waals surface area contributed by atoms with Crippen molar-refractivity contribution in [3.63, 3.8) is 0 Å². The Morgan fingerprint density at radius 1 is 1.18 bits per heavy atom. The van der Waals surface area contributed by atoms with E-state index in [1.165, 1.54) is 0 Å². The summed E-state index contributed by atoms with van der Waals surface area (Å²) in [4.78, 5) is -1.31. The molecule has 11 heavy (non-hydrogen) atoms. The van der Waals surface area contributed by atoms with Crippen LogP contribution in [0.5, 0.6) is 0 Å². The highest BCUT2D eigenvalue weighted by molar-refractivity contribution is 7.93. The van der Waals surface area contributed by atoms with Gasteiger partial charge in [-0.2, -0.15) is 16.8 Å². The molecule has 0 aromatic rings. The lowest BCUT2D eigenvalue weighted by atomic mass is 10.7. The normalized spacial score (nSPS) is 12.9. The van der Waals surface area contributed by atoms with Crippen LogP contribution < -0.4 is 0 Å². The molecule has 4 nitrogen and oxygen atoms in total. The lowest BCUT2D eigenvalue weighted by molar-refractivity contribution is 0.547. The second-order valence-corrected chi connectivity index (χ2v) is 4.48. The average molecular weight is 206 g/mol. The largest absolute Gasteiger partial charge is 0.328 e. The van der Waals surface area contributed by atoms with Crippen molar-refractivity contribution in [3.8, 4) is 0 Å². The molecule has 0 amide bonds. The maximum absolute atomic E-state index is 11.8. The van der Waals surface area contributed by atoms with Gasteiger partial charge >= 0.3 is 20.4 Å². The van der Waals surface area contributed by atoms with Gasteiger partial charge in [-0.3, -0.25) is 0 Å². The van der Waals surface area contributed by atoms with E-state index in [0.29, 0.717) is 0 Å². The van der Waals surface area contributed by atoms with E-state index in [2.05, 4.69) is 6.58 Å². The van der Waals surface area contributed by atoms with E-state index < -0.39 is 31.1 Å². The summed E-state index contributed by atoms with van der Waals surface area (Å²) in [5, 5.41) is 0. The molecule has 0 N–H and O–H groups in total. The quantitative estimate of drug-likeness (QED) is 0.614. The summed E-state index contributed by atoms with van der Waals surface area (Å²) < 4.78 is 62.5. The van der Waals surface area contributed by atoms with Crippen molar-refractivity contribution in [1.29, 1.82) is 0 Å². The van der Waals surface area contributed by atoms with Gasteiger partial charge in [0, 0.05) is 0 Å². The average Bonchev–Trinajstić information content (AvgIpc) is 1.56. The predicted octanol–water partition coefficient (Wildman–Crippen LogP) is 0.0987. The molecule has 0 heterocycles. The zero-order valence-electron chi connectivity index (χ0n) is 5.12. The van der Waals surface area contributed by atoms with E-state index in [1.807, 2.05) is 0 Å². The topological polar surface area (TPSA) is 68.3 Å². The number of hydrogen-bond donors (Lipinski definition) is 0. The van der Waals surface area contributed by atoms with Crippen LogP contribution in [0, 0.1) is 0 Å². The van der Waals surface area contributed by atoms with Gasteiger partial charge in [-0.1, -0.05) is 6.58 Å². The Hall–Kier alpha value is -0.500. The maximum atomic E-state index is 11.8. The highest BCUT2D eigenvalue weighted by Gasteiger charge is 2.20. The zero-order chi connectivity index (χ0) is 9.28. The summed E-state index contributed by atoms with van der Waals surface area (Å²) in [6.45, 7) is 2.53. The summed E-state index contributed by atoms with van der Waals surface area (Å²) in [6.07, 6.45) is 0. The van der Waals surface area contributed by atoms with Gasteiger partial charge in [-0.15, -0.1) is 7.77 Å². The first-order valence-corrected chi connectivity index (χ1v) is 5.11. The molecule has 8 heteroatoms. The van der Waals surface area contributed by atoms with E-state index >= 15 is 0 Å². The Kier molecular flexibility index (Phi) is 2.73. The fraction of sp³-hybridized carbons (Fsp3) is 0.333. The van der Waals surface area contributed by atoms with Crippen molar-refractivity contribution < 1.29 is 24.6 Å². The third-order valence-electron chi connectivity index (χ3n) is 0.678. The minimum Gasteiger partial charge on any atom is -0.194 e. The van der Waals surface area contributed by atoms with Crippen molar-refractivity contribution in [2.45, 2.75) is 0 Å². The lowest BCUT2D eigenvalue weighted by Gasteiger charge is -1.93. The molecule has 0 spiro atoms. The van der Waals surface area contributed by atoms with Crippen molar-refractivity contribution in [2.24, 2.45) is 0 Å². The molecule has 0 unspecified atom stereocenters. The summed E-state index contributed by atoms with van der Waals surface area (Å²) in [7, 11) is -10.2. The van der Waals surface area contributed by atoms with E-state index in [4.69, 9.17) is 0 Å². The molecular weight excluding hydrogens is 202 g/mol. The van der Waals surface area contributed by atoms with Gasteiger partial charge in [0.15, 0.2) is 0 Å². The predicted molar refractivity (Wildman–Crippen MR) is 34.1 cm³/mol. The Labute approximate surface area is 63.0 Å². The van der Waals surface area contributed by atoms with Crippen LogP contribution in [0.4, 0.5) is 7.77 Å². The van der Waals surface area contributed by atoms with Crippen LogP contribution in [0.3, 0.4) is 0 Å². The molecule has 0 aliphatic heterocycles. The lowest BCUT2D eigenvalue weighted by Crippen LogP contribution is -2.06. The molecule has 0 saturated carbocycles. The fourth-order valence-electron chi connectivity index (χ4n) is 0.263. The minimum atomic E-state index is -5.15. The van der Waals surface area contributed by atoms with Gasteiger partial charge in [-0.05, 0) is 0 Å². The Balaban J connectivity index is 4.62. The van der Waals surface area contributed by atoms with E-state index in [9.17, 15) is 24.6 Å². The summed E-state index contributed by atoms with van der Waals surface area (Å²) in [5.74, 6) is -1.54. The summed E-state index contributed by atoms with van der Waals surface area (Å²) >= 11 is 0. The first kappa shape index (κ1) is 10.5. The van der Waals surface area contributed by atoms with Crippen molar-refractivity contribution >= 4 is 20.4 Å². The Morgan fingerprint density at radius 3 is 1.64 bits per heavy atom. The van der Waals surface area contributed by atoms with Gasteiger partial charge in [0.05, 0.1) is 4.91 Å². The number of rotatable bonds is 3. The molecule has 0 rings (SSSR count). The third kappa shape index (κ3) is 4.85. The number of hydrogen-bond acceptors (Lipinski definition) is 4. The molecule has 0 fully saturated rings. The van der Waals surface area contributed by atoms with Crippen LogP contribution in [-0.2, 0) is 20.4 Å². The van der Waals surface area contributed by atoms with Crippen LogP contribution in [0.2, 0.25) is 0 Å². The van der Waals surface area contributed by atoms with Gasteiger partial charge in [0.2, 0.25) is 0 Å². The standard InChI is InChI=1S/C3H4F2O4S2/c1-3(11(5,8)9)2-10(4,6)7/h1-2H2. The highest BCUT2D eigenvalue weighted by atomic mass is 32.3. The van der Waals surface area contributed by atoms with Gasteiger partial charge in [0.1, 0.15) is 5.75 Å². The molecular formula is C3H4F2O4S2. The van der Waals surface area contributed by atoms with Gasteiger partial charge < -0.3 is 0 Å². The molecule has 0 saturated heterocycles. The Bertz CT molecular complexity index is 351. The Morgan fingerprint density at radius 2 is 1.55 bits per heavy atom. The molecule has 0 aromatic heterocycles. The smallest absolute Gasteiger partial charge is 0.194 e. The van der Waals surface area contributed by atoms with Crippen molar-refractivity contribution in [2.75, 3.05) is 5.75 Å². The molecule has 0 radical (unpaired) electrons. The van der Waals surface area contributed by atoms with Crippen LogP contribution in [0.25, 0.3) is 0 Å². The summed E-state index contributed by atoms with van der Waals surface area (Å²) in [5.41, 5.74) is 0. The zero-order valence-corrected chi connectivity index (χ0v) is 6.75. The second-order valence-electron chi connectivity index (χ2n) is 1.66. The first-order valence-electron chi connectivity index (χ1n) is 2.18. The molecule has 0 atom stereocenters. The van der Waals surface area contributed by atoms with Crippen molar-refractivity contribution in [3.05, 3.63) is 11.5 Å². The minimum absolute atomic E-state index is 1.31. The van der Waals surface area contributed by atoms with Crippen molar-refractivity contribution in [1.82, 2.24) is 0 Å². The molecule has 0 bridgehead atoms. The second kappa shape index (κ2) is 2.86. The monoisotopic (exact) mass is 206 g/mol. The van der Waals surface area contributed by atoms with Gasteiger partial charge in [0.25, 0.3) is 0 Å². The fourth-order valence-corrected chi connectivity index (χ4v) is 1.63. The molecule has 0 aliphatic rings. The highest BCUT2D eigenvalue weighted by Crippen LogP contribution is 2.09. The van der Waals surface area contributed by atoms with E-state index in [0.717, 1.165) is 0 Å². The van der Waals surface area contributed by atoms with E-state index in [-0.39, 0.29) is 0 Å². The van der Waals surface area contributed by atoms with E-state index in [1.54, 1.807) is 0 Å². The molecule has 0 aliphatic carbocycles. The number of halogens is 2. The third-order valence-corrected chi connectivity index (χ3v) is 2.39. The maximum Gasteiger partial charge on any atom is 0.328 e.